The average Bonchev–Trinajstić information content (AvgIpc) is 2.77. The van der Waals surface area contributed by atoms with Gasteiger partial charge in [-0.05, 0) is 12.8 Å². The first kappa shape index (κ1) is 34.2. The van der Waals surface area contributed by atoms with Gasteiger partial charge in [0.1, 0.15) is 18.5 Å². The number of unbranched alkanes of at least 4 members (excludes halogenated alkanes) is 2. The molecule has 0 aromatic rings. The van der Waals surface area contributed by atoms with Crippen LogP contribution in [0.3, 0.4) is 0 Å². The van der Waals surface area contributed by atoms with Gasteiger partial charge in [0.15, 0.2) is 0 Å². The number of ether oxygens (including phenoxy) is 4. The van der Waals surface area contributed by atoms with Gasteiger partial charge in [0.2, 0.25) is 3.79 Å². The molecule has 0 rings (SSSR count). The summed E-state index contributed by atoms with van der Waals surface area (Å²) in [5.74, 6) is -2.23. The molecule has 206 valence electrons. The molecule has 0 aromatic heterocycles. The van der Waals surface area contributed by atoms with Gasteiger partial charge in [-0.1, -0.05) is 89.2 Å². The van der Waals surface area contributed by atoms with Crippen LogP contribution in [0.25, 0.3) is 0 Å². The second-order valence-electron chi connectivity index (χ2n) is 9.31. The lowest BCUT2D eigenvalue weighted by molar-refractivity contribution is -0.151. The molecule has 0 bridgehead atoms. The van der Waals surface area contributed by atoms with Crippen LogP contribution < -0.4 is 0 Å². The van der Waals surface area contributed by atoms with E-state index in [-0.39, 0.29) is 19.6 Å². The third kappa shape index (κ3) is 13.9. The molecular formula is C24H41Cl3O8. The van der Waals surface area contributed by atoms with Crippen molar-refractivity contribution in [1.29, 1.82) is 0 Å². The minimum absolute atomic E-state index is 0.229. The van der Waals surface area contributed by atoms with Gasteiger partial charge in [-0.2, -0.15) is 0 Å². The maximum absolute atomic E-state index is 13.4. The number of hydrogen-bond donors (Lipinski definition) is 1. The molecule has 0 heterocycles. The molecular weight excluding hydrogens is 523 g/mol. The predicted molar refractivity (Wildman–Crippen MR) is 136 cm³/mol. The van der Waals surface area contributed by atoms with Crippen molar-refractivity contribution in [2.75, 3.05) is 26.4 Å². The molecule has 0 aliphatic rings. The summed E-state index contributed by atoms with van der Waals surface area (Å²) in [6, 6.07) is 0. The van der Waals surface area contributed by atoms with Crippen LogP contribution in [0.5, 0.6) is 0 Å². The van der Waals surface area contributed by atoms with Crippen molar-refractivity contribution < 1.29 is 38.4 Å². The summed E-state index contributed by atoms with van der Waals surface area (Å²) in [5.41, 5.74) is -1.32. The van der Waals surface area contributed by atoms with Crippen molar-refractivity contribution in [2.45, 2.75) is 89.6 Å². The third-order valence-electron chi connectivity index (χ3n) is 5.67. The Labute approximate surface area is 224 Å². The average molecular weight is 564 g/mol. The van der Waals surface area contributed by atoms with Crippen molar-refractivity contribution >= 4 is 52.7 Å². The number of aliphatic hydroxyl groups excluding tert-OH is 1. The van der Waals surface area contributed by atoms with Gasteiger partial charge < -0.3 is 24.1 Å². The van der Waals surface area contributed by atoms with Crippen molar-refractivity contribution in [3.63, 3.8) is 0 Å². The molecule has 4 atom stereocenters. The Morgan fingerprint density at radius 2 is 1.51 bits per heavy atom. The van der Waals surface area contributed by atoms with E-state index in [1.54, 1.807) is 13.8 Å². The fourth-order valence-corrected chi connectivity index (χ4v) is 3.47. The third-order valence-corrected chi connectivity index (χ3v) is 5.99. The van der Waals surface area contributed by atoms with Crippen LogP contribution in [0, 0.1) is 17.3 Å². The first-order valence-corrected chi connectivity index (χ1v) is 13.2. The summed E-state index contributed by atoms with van der Waals surface area (Å²) >= 11 is 16.9. The summed E-state index contributed by atoms with van der Waals surface area (Å²) in [6.07, 6.45) is -0.267. The Balaban J connectivity index is 5.43. The Morgan fingerprint density at radius 3 is 2.06 bits per heavy atom. The first-order chi connectivity index (χ1) is 16.2. The summed E-state index contributed by atoms with van der Waals surface area (Å²) in [4.78, 5) is 37.8. The number of carbonyl (C=O) groups excluding carboxylic acids is 3. The zero-order valence-electron chi connectivity index (χ0n) is 21.6. The molecule has 0 saturated carbocycles. The van der Waals surface area contributed by atoms with E-state index in [0.717, 1.165) is 19.3 Å². The van der Waals surface area contributed by atoms with Crippen LogP contribution in [-0.4, -0.2) is 65.4 Å². The number of ketones is 1. The standard InChI is InChI=1S/C24H41Cl3O8/c1-7-9-11-32-14-16(3)20(35-22(31)34-15-24(25,26)27)17(4)21(30)23(5,6)18(28)13-19(29)33-12-10-8-2/h16-18,20,28H,7-15H2,1-6H3/t16-,17+,18?,20-/m0/s1. The second-order valence-corrected chi connectivity index (χ2v) is 11.8. The van der Waals surface area contributed by atoms with Crippen molar-refractivity contribution in [2.24, 2.45) is 17.3 Å². The lowest BCUT2D eigenvalue weighted by Crippen LogP contribution is -2.47. The first-order valence-electron chi connectivity index (χ1n) is 12.0. The summed E-state index contributed by atoms with van der Waals surface area (Å²) in [6.45, 7) is 10.9. The highest BCUT2D eigenvalue weighted by Gasteiger charge is 2.44. The lowest BCUT2D eigenvalue weighted by Gasteiger charge is -2.35. The smallest absolute Gasteiger partial charge is 0.466 e. The van der Waals surface area contributed by atoms with Crippen LogP contribution in [0.2, 0.25) is 0 Å². The molecule has 35 heavy (non-hydrogen) atoms. The zero-order chi connectivity index (χ0) is 27.2. The van der Waals surface area contributed by atoms with E-state index in [1.165, 1.54) is 13.8 Å². The molecule has 8 nitrogen and oxygen atoms in total. The van der Waals surface area contributed by atoms with E-state index in [4.69, 9.17) is 53.8 Å². The van der Waals surface area contributed by atoms with E-state index < -0.39 is 57.8 Å². The molecule has 0 saturated heterocycles. The van der Waals surface area contributed by atoms with Crippen LogP contribution in [0.4, 0.5) is 4.79 Å². The van der Waals surface area contributed by atoms with E-state index in [2.05, 4.69) is 0 Å². The number of alkyl halides is 3. The van der Waals surface area contributed by atoms with Crippen LogP contribution in [-0.2, 0) is 28.5 Å². The fourth-order valence-electron chi connectivity index (χ4n) is 3.31. The summed E-state index contributed by atoms with van der Waals surface area (Å²) in [7, 11) is 0. The Bertz CT molecular complexity index is 651. The normalized spacial score (nSPS) is 15.6. The number of rotatable bonds is 17. The predicted octanol–water partition coefficient (Wildman–Crippen LogP) is 5.66. The number of hydrogen-bond acceptors (Lipinski definition) is 8. The summed E-state index contributed by atoms with van der Waals surface area (Å²) in [5, 5.41) is 10.7. The van der Waals surface area contributed by atoms with Crippen LogP contribution in [0.15, 0.2) is 0 Å². The van der Waals surface area contributed by atoms with Gasteiger partial charge in [-0.3, -0.25) is 9.59 Å². The number of carbonyl (C=O) groups is 3. The molecule has 0 aliphatic heterocycles. The second kappa shape index (κ2) is 16.8. The van der Waals surface area contributed by atoms with Gasteiger partial charge in [0.05, 0.1) is 37.1 Å². The molecule has 0 aliphatic carbocycles. The van der Waals surface area contributed by atoms with E-state index >= 15 is 0 Å². The Morgan fingerprint density at radius 1 is 0.943 bits per heavy atom. The molecule has 0 aromatic carbocycles. The quantitative estimate of drug-likeness (QED) is 0.137. The highest BCUT2D eigenvalue weighted by atomic mass is 35.6. The fraction of sp³-hybridized carbons (Fsp3) is 0.875. The largest absolute Gasteiger partial charge is 0.508 e. The van der Waals surface area contributed by atoms with E-state index in [0.29, 0.717) is 13.0 Å². The lowest BCUT2D eigenvalue weighted by atomic mass is 9.73. The number of Topliss-reactive ketones (excluding diaryl/α,β-unsaturated/α-hetero) is 1. The maximum Gasteiger partial charge on any atom is 0.508 e. The van der Waals surface area contributed by atoms with Crippen molar-refractivity contribution in [3.05, 3.63) is 0 Å². The molecule has 0 fully saturated rings. The number of aliphatic hydroxyl groups is 1. The molecule has 11 heteroatoms. The van der Waals surface area contributed by atoms with E-state index in [1.807, 2.05) is 13.8 Å². The SMILES string of the molecule is CCCCOC[C@H](C)[C@H](OC(=O)OCC(Cl)(Cl)Cl)[C@@H](C)C(=O)C(C)(C)C(O)CC(=O)OCCCC. The highest BCUT2D eigenvalue weighted by Crippen LogP contribution is 2.32. The van der Waals surface area contributed by atoms with Gasteiger partial charge >= 0.3 is 12.1 Å². The molecule has 0 spiro atoms. The minimum atomic E-state index is -1.82. The van der Waals surface area contributed by atoms with Crippen molar-refractivity contribution in [3.8, 4) is 0 Å². The monoisotopic (exact) mass is 562 g/mol. The van der Waals surface area contributed by atoms with Gasteiger partial charge in [0, 0.05) is 12.5 Å². The van der Waals surface area contributed by atoms with Crippen LogP contribution >= 0.6 is 34.8 Å². The van der Waals surface area contributed by atoms with Crippen LogP contribution in [0.1, 0.15) is 73.6 Å². The molecule has 0 radical (unpaired) electrons. The van der Waals surface area contributed by atoms with Gasteiger partial charge in [-0.25, -0.2) is 4.79 Å². The Hall–Kier alpha value is -0.800. The maximum atomic E-state index is 13.4. The van der Waals surface area contributed by atoms with Gasteiger partial charge in [-0.15, -0.1) is 0 Å². The summed E-state index contributed by atoms with van der Waals surface area (Å²) < 4.78 is 19.3. The highest BCUT2D eigenvalue weighted by molar-refractivity contribution is 6.67. The van der Waals surface area contributed by atoms with E-state index in [9.17, 15) is 19.5 Å². The number of halogens is 3. The molecule has 1 unspecified atom stereocenters. The molecule has 1 N–H and O–H groups in total. The topological polar surface area (TPSA) is 108 Å². The molecule has 0 amide bonds. The Kier molecular flexibility index (Phi) is 16.5. The van der Waals surface area contributed by atoms with Crippen molar-refractivity contribution in [1.82, 2.24) is 0 Å². The zero-order valence-corrected chi connectivity index (χ0v) is 23.9. The minimum Gasteiger partial charge on any atom is -0.466 e. The van der Waals surface area contributed by atoms with Gasteiger partial charge in [0.25, 0.3) is 0 Å². The number of esters is 1.